The highest BCUT2D eigenvalue weighted by Crippen LogP contribution is 2.33. The van der Waals surface area contributed by atoms with Crippen LogP contribution in [0.3, 0.4) is 0 Å². The molecule has 0 aromatic rings. The quantitative estimate of drug-likeness (QED) is 0.218. The largest absolute Gasteiger partial charge is 0.381 e. The molecular formula is C23H48NO3P. The predicted molar refractivity (Wildman–Crippen MR) is 123 cm³/mol. The fraction of sp³-hybridized carbons (Fsp3) is 0.957. The number of carbonyl (C=O) groups is 1. The van der Waals surface area contributed by atoms with E-state index >= 15 is 0 Å². The van der Waals surface area contributed by atoms with Crippen LogP contribution in [0.5, 0.6) is 0 Å². The van der Waals surface area contributed by atoms with Crippen molar-refractivity contribution in [3.05, 3.63) is 0 Å². The fourth-order valence-electron chi connectivity index (χ4n) is 3.31. The van der Waals surface area contributed by atoms with Gasteiger partial charge in [0, 0.05) is 39.7 Å². The summed E-state index contributed by atoms with van der Waals surface area (Å²) in [6, 6.07) is 0. The first-order chi connectivity index (χ1) is 13.2. The van der Waals surface area contributed by atoms with Crippen LogP contribution in [0, 0.1) is 11.3 Å². The van der Waals surface area contributed by atoms with Crippen molar-refractivity contribution >= 4 is 14.1 Å². The number of nitrogens with zero attached hydrogens (tertiary/aromatic N) is 1. The van der Waals surface area contributed by atoms with E-state index in [0.717, 1.165) is 76.5 Å². The number of ether oxygens (including phenoxy) is 1. The maximum absolute atomic E-state index is 12.5. The van der Waals surface area contributed by atoms with E-state index in [0.29, 0.717) is 13.0 Å². The molecule has 0 heterocycles. The van der Waals surface area contributed by atoms with Crippen molar-refractivity contribution in [3.63, 3.8) is 0 Å². The van der Waals surface area contributed by atoms with Crippen molar-refractivity contribution < 1.29 is 14.4 Å². The number of hydrogen-bond acceptors (Lipinski definition) is 3. The van der Waals surface area contributed by atoms with Crippen LogP contribution in [0.25, 0.3) is 0 Å². The molecule has 0 bridgehead atoms. The monoisotopic (exact) mass is 417 g/mol. The summed E-state index contributed by atoms with van der Waals surface area (Å²) in [5.41, 5.74) is -0.00525. The van der Waals surface area contributed by atoms with Gasteiger partial charge in [0.25, 0.3) is 0 Å². The van der Waals surface area contributed by atoms with E-state index < -0.39 is 8.15 Å². The molecule has 1 unspecified atom stereocenters. The minimum atomic E-state index is -0.767. The van der Waals surface area contributed by atoms with E-state index in [2.05, 4.69) is 41.5 Å². The molecule has 0 fully saturated rings. The van der Waals surface area contributed by atoms with E-state index in [1.54, 1.807) is 0 Å². The fourth-order valence-corrected chi connectivity index (χ4v) is 4.67. The summed E-state index contributed by atoms with van der Waals surface area (Å²) >= 11 is 0. The van der Waals surface area contributed by atoms with Gasteiger partial charge in [-0.05, 0) is 50.8 Å². The molecule has 28 heavy (non-hydrogen) atoms. The molecular weight excluding hydrogens is 369 g/mol. The number of carbonyl (C=O) groups excluding carboxylic acids is 1. The highest BCUT2D eigenvalue weighted by atomic mass is 31.1. The Balaban J connectivity index is 3.90. The molecule has 0 aromatic heterocycles. The second-order valence-corrected chi connectivity index (χ2v) is 11.2. The Morgan fingerprint density at radius 3 is 2.32 bits per heavy atom. The van der Waals surface area contributed by atoms with Gasteiger partial charge in [-0.1, -0.05) is 53.9 Å². The van der Waals surface area contributed by atoms with Gasteiger partial charge in [-0.2, -0.15) is 0 Å². The predicted octanol–water partition coefficient (Wildman–Crippen LogP) is 6.06. The maximum Gasteiger partial charge on any atom is 0.222 e. The SMILES string of the molecule is CCCOCC(C)(C)CN(CC)C(=O)CCCCCCP(O)CCCC(C)C. The summed E-state index contributed by atoms with van der Waals surface area (Å²) < 4.78 is 5.70. The summed E-state index contributed by atoms with van der Waals surface area (Å²) in [5, 5.41) is 0. The van der Waals surface area contributed by atoms with Crippen molar-refractivity contribution in [2.75, 3.05) is 38.6 Å². The third-order valence-corrected chi connectivity index (χ3v) is 6.61. The molecule has 5 heteroatoms. The van der Waals surface area contributed by atoms with Gasteiger partial charge in [0.1, 0.15) is 0 Å². The van der Waals surface area contributed by atoms with Crippen LogP contribution >= 0.6 is 8.15 Å². The first kappa shape index (κ1) is 27.8. The Morgan fingerprint density at radius 2 is 1.71 bits per heavy atom. The number of unbranched alkanes of at least 4 members (excludes halogenated alkanes) is 3. The lowest BCUT2D eigenvalue weighted by Gasteiger charge is -2.32. The minimum absolute atomic E-state index is 0.00525. The van der Waals surface area contributed by atoms with E-state index in [9.17, 15) is 9.69 Å². The Kier molecular flexibility index (Phi) is 16.5. The zero-order valence-electron chi connectivity index (χ0n) is 19.6. The second-order valence-electron chi connectivity index (χ2n) is 9.28. The smallest absolute Gasteiger partial charge is 0.222 e. The van der Waals surface area contributed by atoms with Gasteiger partial charge in [0.2, 0.25) is 5.91 Å². The lowest BCUT2D eigenvalue weighted by Crippen LogP contribution is -2.40. The van der Waals surface area contributed by atoms with Gasteiger partial charge in [-0.15, -0.1) is 0 Å². The minimum Gasteiger partial charge on any atom is -0.381 e. The topological polar surface area (TPSA) is 49.8 Å². The lowest BCUT2D eigenvalue weighted by atomic mass is 9.93. The average molecular weight is 418 g/mol. The summed E-state index contributed by atoms with van der Waals surface area (Å²) in [7, 11) is -0.767. The Morgan fingerprint density at radius 1 is 1.07 bits per heavy atom. The second kappa shape index (κ2) is 16.6. The molecule has 1 N–H and O–H groups in total. The van der Waals surface area contributed by atoms with Crippen molar-refractivity contribution in [2.24, 2.45) is 11.3 Å². The molecule has 1 atom stereocenters. The van der Waals surface area contributed by atoms with Gasteiger partial charge in [-0.25, -0.2) is 0 Å². The molecule has 0 saturated carbocycles. The first-order valence-corrected chi connectivity index (χ1v) is 13.2. The molecule has 0 spiro atoms. The summed E-state index contributed by atoms with van der Waals surface area (Å²) in [5.74, 6) is 1.00. The number of hydrogen-bond donors (Lipinski definition) is 1. The summed E-state index contributed by atoms with van der Waals surface area (Å²) in [4.78, 5) is 24.6. The Labute approximate surface area is 176 Å². The molecule has 0 aromatic carbocycles. The molecule has 0 rings (SSSR count). The first-order valence-electron chi connectivity index (χ1n) is 11.5. The summed E-state index contributed by atoms with van der Waals surface area (Å²) in [6.45, 7) is 16.0. The lowest BCUT2D eigenvalue weighted by molar-refractivity contribution is -0.133. The standard InChI is InChI=1S/C23H48NO3P/c1-7-16-27-20-23(5,6)19-24(8-2)22(25)15-11-9-10-12-17-28(26)18-13-14-21(3)4/h21,26H,7-20H2,1-6H3. The molecule has 0 aliphatic carbocycles. The zero-order chi connectivity index (χ0) is 21.4. The third kappa shape index (κ3) is 15.7. The normalized spacial score (nSPS) is 13.1. The highest BCUT2D eigenvalue weighted by molar-refractivity contribution is 7.51. The Bertz CT molecular complexity index is 388. The van der Waals surface area contributed by atoms with Crippen LogP contribution in [0.2, 0.25) is 0 Å². The van der Waals surface area contributed by atoms with Gasteiger partial charge in [0.15, 0.2) is 0 Å². The zero-order valence-corrected chi connectivity index (χ0v) is 20.5. The average Bonchev–Trinajstić information content (AvgIpc) is 2.62. The molecule has 4 nitrogen and oxygen atoms in total. The van der Waals surface area contributed by atoms with E-state index in [1.165, 1.54) is 6.42 Å². The van der Waals surface area contributed by atoms with Crippen molar-refractivity contribution in [2.45, 2.75) is 92.9 Å². The van der Waals surface area contributed by atoms with Crippen LogP contribution in [0.1, 0.15) is 92.9 Å². The van der Waals surface area contributed by atoms with E-state index in [4.69, 9.17) is 4.74 Å². The van der Waals surface area contributed by atoms with Crippen LogP contribution in [-0.2, 0) is 9.53 Å². The van der Waals surface area contributed by atoms with Crippen LogP contribution in [0.15, 0.2) is 0 Å². The van der Waals surface area contributed by atoms with E-state index in [1.807, 2.05) is 4.90 Å². The van der Waals surface area contributed by atoms with Crippen molar-refractivity contribution in [1.82, 2.24) is 4.90 Å². The highest BCUT2D eigenvalue weighted by Gasteiger charge is 2.24. The van der Waals surface area contributed by atoms with Gasteiger partial charge < -0.3 is 14.5 Å². The van der Waals surface area contributed by atoms with Crippen LogP contribution in [0.4, 0.5) is 0 Å². The number of amides is 1. The van der Waals surface area contributed by atoms with Crippen molar-refractivity contribution in [1.29, 1.82) is 0 Å². The molecule has 168 valence electrons. The van der Waals surface area contributed by atoms with Gasteiger partial charge >= 0.3 is 0 Å². The molecule has 1 amide bonds. The molecule has 0 saturated heterocycles. The number of rotatable bonds is 18. The van der Waals surface area contributed by atoms with Crippen LogP contribution < -0.4 is 0 Å². The third-order valence-electron chi connectivity index (χ3n) is 4.95. The summed E-state index contributed by atoms with van der Waals surface area (Å²) in [6.07, 6.45) is 10.3. The van der Waals surface area contributed by atoms with Gasteiger partial charge in [0.05, 0.1) is 6.61 Å². The van der Waals surface area contributed by atoms with Crippen molar-refractivity contribution in [3.8, 4) is 0 Å². The molecule has 0 aliphatic heterocycles. The Hall–Kier alpha value is -0.180. The van der Waals surface area contributed by atoms with Gasteiger partial charge in [-0.3, -0.25) is 4.79 Å². The molecule has 0 radical (unpaired) electrons. The van der Waals surface area contributed by atoms with E-state index in [-0.39, 0.29) is 11.3 Å². The maximum atomic E-state index is 12.5. The molecule has 0 aliphatic rings. The van der Waals surface area contributed by atoms with Crippen LogP contribution in [-0.4, -0.2) is 54.3 Å².